The van der Waals surface area contributed by atoms with Crippen molar-refractivity contribution < 1.29 is 4.79 Å². The molecule has 1 heterocycles. The first-order chi connectivity index (χ1) is 8.24. The fraction of sp³-hybridized carbons (Fsp3) is 0.571. The number of carbonyl (C=O) groups is 1. The van der Waals surface area contributed by atoms with Crippen LogP contribution in [0.3, 0.4) is 0 Å². The molecule has 0 aliphatic heterocycles. The van der Waals surface area contributed by atoms with Gasteiger partial charge >= 0.3 is 0 Å². The van der Waals surface area contributed by atoms with E-state index in [4.69, 9.17) is 0 Å². The Morgan fingerprint density at radius 3 is 3.00 bits per heavy atom. The summed E-state index contributed by atoms with van der Waals surface area (Å²) in [4.78, 5) is 11.8. The van der Waals surface area contributed by atoms with E-state index in [1.807, 2.05) is 19.4 Å². The Morgan fingerprint density at radius 1 is 1.47 bits per heavy atom. The minimum absolute atomic E-state index is 0.363. The molecule has 17 heavy (non-hydrogen) atoms. The molecule has 1 aromatic rings. The van der Waals surface area contributed by atoms with Crippen molar-refractivity contribution in [1.29, 1.82) is 0 Å². The molecule has 1 aromatic heterocycles. The van der Waals surface area contributed by atoms with Crippen molar-refractivity contribution in [3.05, 3.63) is 29.6 Å². The second-order valence-corrected chi connectivity index (χ2v) is 4.85. The highest BCUT2D eigenvalue weighted by molar-refractivity contribution is 5.81. The van der Waals surface area contributed by atoms with Gasteiger partial charge in [0.05, 0.1) is 6.20 Å². The highest BCUT2D eigenvalue weighted by Gasteiger charge is 2.09. The zero-order valence-electron chi connectivity index (χ0n) is 10.5. The molecule has 0 unspecified atom stereocenters. The topological polar surface area (TPSA) is 34.9 Å². The Labute approximate surface area is 103 Å². The van der Waals surface area contributed by atoms with Gasteiger partial charge in [0, 0.05) is 26.1 Å². The Balaban J connectivity index is 1.75. The van der Waals surface area contributed by atoms with Crippen LogP contribution in [0.2, 0.25) is 0 Å². The number of aryl methyl sites for hydroxylation is 2. The van der Waals surface area contributed by atoms with Crippen molar-refractivity contribution in [2.45, 2.75) is 44.9 Å². The van der Waals surface area contributed by atoms with Crippen LogP contribution >= 0.6 is 0 Å². The van der Waals surface area contributed by atoms with Crippen molar-refractivity contribution in [2.24, 2.45) is 7.05 Å². The van der Waals surface area contributed by atoms with Crippen molar-refractivity contribution in [3.8, 4) is 0 Å². The van der Waals surface area contributed by atoms with Gasteiger partial charge in [-0.15, -0.1) is 0 Å². The molecule has 92 valence electrons. The van der Waals surface area contributed by atoms with Gasteiger partial charge in [-0.3, -0.25) is 9.48 Å². The van der Waals surface area contributed by atoms with Crippen molar-refractivity contribution in [2.75, 3.05) is 0 Å². The zero-order valence-corrected chi connectivity index (χ0v) is 10.5. The number of aromatic nitrogens is 2. The Bertz CT molecular complexity index is 418. The summed E-state index contributed by atoms with van der Waals surface area (Å²) in [7, 11) is 1.90. The number of rotatable bonds is 5. The number of ketones is 1. The SMILES string of the molecule is Cn1cc(CCC(=O)CC2=CCCCC2)cn1. The lowest BCUT2D eigenvalue weighted by molar-refractivity contribution is -0.118. The fourth-order valence-corrected chi connectivity index (χ4v) is 2.29. The van der Waals surface area contributed by atoms with Crippen LogP contribution in [0.15, 0.2) is 24.0 Å². The van der Waals surface area contributed by atoms with E-state index in [9.17, 15) is 4.79 Å². The van der Waals surface area contributed by atoms with Crippen LogP contribution in [0.5, 0.6) is 0 Å². The number of carbonyl (C=O) groups excluding carboxylic acids is 1. The summed E-state index contributed by atoms with van der Waals surface area (Å²) in [5, 5.41) is 4.10. The molecule has 3 nitrogen and oxygen atoms in total. The average molecular weight is 232 g/mol. The maximum atomic E-state index is 11.8. The molecular weight excluding hydrogens is 212 g/mol. The van der Waals surface area contributed by atoms with Gasteiger partial charge in [-0.2, -0.15) is 5.10 Å². The standard InChI is InChI=1S/C14H20N2O/c1-16-11-13(10-15-16)7-8-14(17)9-12-5-3-2-4-6-12/h5,10-11H,2-4,6-9H2,1H3. The van der Waals surface area contributed by atoms with E-state index < -0.39 is 0 Å². The number of Topliss-reactive ketones (excluding diaryl/α,β-unsaturated/α-hetero) is 1. The van der Waals surface area contributed by atoms with E-state index in [0.717, 1.165) is 24.8 Å². The predicted octanol–water partition coefficient (Wildman–Crippen LogP) is 2.81. The fourth-order valence-electron chi connectivity index (χ4n) is 2.29. The van der Waals surface area contributed by atoms with Gasteiger partial charge in [-0.05, 0) is 37.7 Å². The lowest BCUT2D eigenvalue weighted by atomic mass is 9.94. The molecule has 0 aromatic carbocycles. The Hall–Kier alpha value is -1.38. The lowest BCUT2D eigenvalue weighted by Crippen LogP contribution is -2.03. The molecule has 0 atom stereocenters. The molecule has 0 saturated carbocycles. The number of nitrogens with zero attached hydrogens (tertiary/aromatic N) is 2. The summed E-state index contributed by atoms with van der Waals surface area (Å²) in [6.45, 7) is 0. The van der Waals surface area contributed by atoms with Crippen LogP contribution in [-0.4, -0.2) is 15.6 Å². The largest absolute Gasteiger partial charge is 0.299 e. The van der Waals surface area contributed by atoms with Crippen LogP contribution in [0.1, 0.15) is 44.1 Å². The summed E-state index contributed by atoms with van der Waals surface area (Å²) in [6, 6.07) is 0. The first kappa shape index (κ1) is 12.1. The van der Waals surface area contributed by atoms with Crippen LogP contribution < -0.4 is 0 Å². The Morgan fingerprint density at radius 2 is 2.35 bits per heavy atom. The molecule has 0 saturated heterocycles. The highest BCUT2D eigenvalue weighted by Crippen LogP contribution is 2.20. The van der Waals surface area contributed by atoms with Crippen molar-refractivity contribution in [3.63, 3.8) is 0 Å². The van der Waals surface area contributed by atoms with Crippen molar-refractivity contribution >= 4 is 5.78 Å². The zero-order chi connectivity index (χ0) is 12.1. The molecule has 0 N–H and O–H groups in total. The average Bonchev–Trinajstić information content (AvgIpc) is 2.74. The van der Waals surface area contributed by atoms with Crippen LogP contribution in [0.25, 0.3) is 0 Å². The molecule has 2 rings (SSSR count). The minimum Gasteiger partial charge on any atom is -0.299 e. The van der Waals surface area contributed by atoms with Crippen LogP contribution in [0, 0.1) is 0 Å². The number of allylic oxidation sites excluding steroid dienone is 2. The molecule has 1 aliphatic rings. The van der Waals surface area contributed by atoms with E-state index in [1.165, 1.54) is 18.4 Å². The third-order valence-electron chi connectivity index (χ3n) is 3.26. The van der Waals surface area contributed by atoms with Gasteiger partial charge in [-0.1, -0.05) is 11.6 Å². The quantitative estimate of drug-likeness (QED) is 0.732. The van der Waals surface area contributed by atoms with Crippen molar-refractivity contribution in [1.82, 2.24) is 9.78 Å². The molecule has 0 spiro atoms. The van der Waals surface area contributed by atoms with E-state index >= 15 is 0 Å². The molecule has 0 amide bonds. The molecule has 3 heteroatoms. The van der Waals surface area contributed by atoms with Gasteiger partial charge in [-0.25, -0.2) is 0 Å². The summed E-state index contributed by atoms with van der Waals surface area (Å²) in [5.41, 5.74) is 2.51. The second kappa shape index (κ2) is 5.80. The van der Waals surface area contributed by atoms with Gasteiger partial charge in [0.1, 0.15) is 5.78 Å². The number of hydrogen-bond acceptors (Lipinski definition) is 2. The van der Waals surface area contributed by atoms with Crippen LogP contribution in [-0.2, 0) is 18.3 Å². The van der Waals surface area contributed by atoms with Crippen LogP contribution in [0.4, 0.5) is 0 Å². The Kier molecular flexibility index (Phi) is 4.13. The number of hydrogen-bond donors (Lipinski definition) is 0. The van der Waals surface area contributed by atoms with Gasteiger partial charge in [0.2, 0.25) is 0 Å². The summed E-state index contributed by atoms with van der Waals surface area (Å²) >= 11 is 0. The maximum Gasteiger partial charge on any atom is 0.137 e. The minimum atomic E-state index is 0.363. The van der Waals surface area contributed by atoms with Gasteiger partial charge in [0.15, 0.2) is 0 Å². The second-order valence-electron chi connectivity index (χ2n) is 4.85. The smallest absolute Gasteiger partial charge is 0.137 e. The third kappa shape index (κ3) is 3.84. The van der Waals surface area contributed by atoms with Gasteiger partial charge < -0.3 is 0 Å². The summed E-state index contributed by atoms with van der Waals surface area (Å²) < 4.78 is 1.78. The highest BCUT2D eigenvalue weighted by atomic mass is 16.1. The molecular formula is C14H20N2O. The maximum absolute atomic E-state index is 11.8. The summed E-state index contributed by atoms with van der Waals surface area (Å²) in [5.74, 6) is 0.363. The molecule has 1 aliphatic carbocycles. The monoisotopic (exact) mass is 232 g/mol. The normalized spacial score (nSPS) is 15.7. The van der Waals surface area contributed by atoms with E-state index in [2.05, 4.69) is 11.2 Å². The first-order valence-corrected chi connectivity index (χ1v) is 6.41. The molecule has 0 radical (unpaired) electrons. The van der Waals surface area contributed by atoms with Gasteiger partial charge in [0.25, 0.3) is 0 Å². The predicted molar refractivity (Wildman–Crippen MR) is 67.7 cm³/mol. The lowest BCUT2D eigenvalue weighted by Gasteiger charge is -2.11. The summed E-state index contributed by atoms with van der Waals surface area (Å²) in [6.07, 6.45) is 13.0. The van der Waals surface area contributed by atoms with E-state index in [-0.39, 0.29) is 0 Å². The molecule has 0 fully saturated rings. The first-order valence-electron chi connectivity index (χ1n) is 6.41. The van der Waals surface area contributed by atoms with E-state index in [1.54, 1.807) is 4.68 Å². The third-order valence-corrected chi connectivity index (χ3v) is 3.26. The molecule has 0 bridgehead atoms. The van der Waals surface area contributed by atoms with E-state index in [0.29, 0.717) is 18.6 Å².